The van der Waals surface area contributed by atoms with Gasteiger partial charge in [0.25, 0.3) is 0 Å². The van der Waals surface area contributed by atoms with E-state index in [0.717, 1.165) is 16.6 Å². The van der Waals surface area contributed by atoms with E-state index in [1.165, 1.54) is 24.8 Å². The van der Waals surface area contributed by atoms with Crippen molar-refractivity contribution in [2.24, 2.45) is 0 Å². The largest absolute Gasteiger partial charge is 0.310 e. The van der Waals surface area contributed by atoms with Gasteiger partial charge in [0.15, 0.2) is 0 Å². The lowest BCUT2D eigenvalue weighted by Crippen LogP contribution is -2.26. The third kappa shape index (κ3) is 3.08. The fourth-order valence-electron chi connectivity index (χ4n) is 2.37. The molecule has 1 fully saturated rings. The van der Waals surface area contributed by atoms with Crippen LogP contribution in [0.1, 0.15) is 50.3 Å². The molecule has 94 valence electrons. The maximum atomic E-state index is 13.9. The molecule has 0 bridgehead atoms. The first-order valence-corrected chi connectivity index (χ1v) is 7.00. The average Bonchev–Trinajstić information content (AvgIpc) is 2.28. The van der Waals surface area contributed by atoms with Crippen LogP contribution in [0.5, 0.6) is 0 Å². The first kappa shape index (κ1) is 13.0. The molecular weight excluding hydrogens is 281 g/mol. The zero-order valence-electron chi connectivity index (χ0n) is 10.4. The smallest absolute Gasteiger partial charge is 0.131 e. The van der Waals surface area contributed by atoms with Gasteiger partial charge in [0.2, 0.25) is 0 Å². The summed E-state index contributed by atoms with van der Waals surface area (Å²) in [4.78, 5) is 0. The molecule has 1 aliphatic heterocycles. The molecular formula is C14H19BrFN. The monoisotopic (exact) mass is 299 g/mol. The van der Waals surface area contributed by atoms with E-state index in [2.05, 4.69) is 27.3 Å². The number of rotatable bonds is 2. The molecule has 0 aliphatic carbocycles. The Morgan fingerprint density at radius 3 is 2.65 bits per heavy atom. The molecule has 1 aromatic carbocycles. The zero-order chi connectivity index (χ0) is 12.5. The Balaban J connectivity index is 2.24. The van der Waals surface area contributed by atoms with E-state index < -0.39 is 5.67 Å². The Hall–Kier alpha value is -0.410. The highest BCUT2D eigenvalue weighted by Gasteiger charge is 2.23. The number of hydrogen-bond donors (Lipinski definition) is 1. The van der Waals surface area contributed by atoms with E-state index in [9.17, 15) is 4.39 Å². The second-order valence-electron chi connectivity index (χ2n) is 5.21. The van der Waals surface area contributed by atoms with E-state index in [0.29, 0.717) is 6.04 Å². The van der Waals surface area contributed by atoms with Crippen molar-refractivity contribution in [3.63, 3.8) is 0 Å². The van der Waals surface area contributed by atoms with Crippen LogP contribution in [-0.2, 0) is 5.67 Å². The van der Waals surface area contributed by atoms with Crippen molar-refractivity contribution in [1.29, 1.82) is 0 Å². The van der Waals surface area contributed by atoms with Gasteiger partial charge in [-0.1, -0.05) is 34.5 Å². The first-order valence-electron chi connectivity index (χ1n) is 6.21. The van der Waals surface area contributed by atoms with Crippen molar-refractivity contribution in [3.8, 4) is 0 Å². The zero-order valence-corrected chi connectivity index (χ0v) is 12.0. The molecule has 1 aliphatic rings. The lowest BCUT2D eigenvalue weighted by molar-refractivity contribution is 0.220. The summed E-state index contributed by atoms with van der Waals surface area (Å²) in [6.45, 7) is 4.26. The van der Waals surface area contributed by atoms with E-state index in [-0.39, 0.29) is 0 Å². The summed E-state index contributed by atoms with van der Waals surface area (Å²) in [5.74, 6) is 0. The van der Waals surface area contributed by atoms with Gasteiger partial charge < -0.3 is 5.32 Å². The third-order valence-electron chi connectivity index (χ3n) is 3.35. The summed E-state index contributed by atoms with van der Waals surface area (Å²) in [5, 5.41) is 3.51. The Bertz CT molecular complexity index is 392. The predicted octanol–water partition coefficient (Wildman–Crippen LogP) is 4.47. The third-order valence-corrected chi connectivity index (χ3v) is 4.00. The minimum Gasteiger partial charge on any atom is -0.310 e. The SMILES string of the molecule is CC(C)(F)c1ccc(C2CCCCN2)cc1Br. The van der Waals surface area contributed by atoms with E-state index >= 15 is 0 Å². The summed E-state index contributed by atoms with van der Waals surface area (Å²) >= 11 is 3.48. The molecule has 1 N–H and O–H groups in total. The van der Waals surface area contributed by atoms with Crippen LogP contribution in [-0.4, -0.2) is 6.54 Å². The first-order chi connectivity index (χ1) is 7.98. The van der Waals surface area contributed by atoms with Crippen LogP contribution in [0.25, 0.3) is 0 Å². The maximum Gasteiger partial charge on any atom is 0.131 e. The second-order valence-corrected chi connectivity index (χ2v) is 6.07. The summed E-state index contributed by atoms with van der Waals surface area (Å²) in [7, 11) is 0. The van der Waals surface area contributed by atoms with E-state index in [4.69, 9.17) is 0 Å². The van der Waals surface area contributed by atoms with Crippen LogP contribution in [0.2, 0.25) is 0 Å². The molecule has 17 heavy (non-hydrogen) atoms. The molecule has 0 aromatic heterocycles. The number of benzene rings is 1. The number of alkyl halides is 1. The van der Waals surface area contributed by atoms with Gasteiger partial charge in [-0.25, -0.2) is 4.39 Å². The topological polar surface area (TPSA) is 12.0 Å². The van der Waals surface area contributed by atoms with Gasteiger partial charge in [0, 0.05) is 16.1 Å². The maximum absolute atomic E-state index is 13.9. The summed E-state index contributed by atoms with van der Waals surface area (Å²) in [6, 6.07) is 6.43. The van der Waals surface area contributed by atoms with E-state index in [1.807, 2.05) is 12.1 Å². The fraction of sp³-hybridized carbons (Fsp3) is 0.571. The molecule has 1 heterocycles. The van der Waals surface area contributed by atoms with Crippen LogP contribution >= 0.6 is 15.9 Å². The quantitative estimate of drug-likeness (QED) is 0.850. The standard InChI is InChI=1S/C14H19BrFN/c1-14(2,16)11-7-6-10(9-12(11)15)13-5-3-4-8-17-13/h6-7,9,13,17H,3-5,8H2,1-2H3. The van der Waals surface area contributed by atoms with Crippen molar-refractivity contribution in [2.45, 2.75) is 44.8 Å². The number of piperidine rings is 1. The highest BCUT2D eigenvalue weighted by Crippen LogP contribution is 2.34. The number of halogens is 2. The van der Waals surface area contributed by atoms with Crippen LogP contribution in [0, 0.1) is 0 Å². The van der Waals surface area contributed by atoms with Crippen molar-refractivity contribution in [3.05, 3.63) is 33.8 Å². The summed E-state index contributed by atoms with van der Waals surface area (Å²) < 4.78 is 14.8. The fourth-order valence-corrected chi connectivity index (χ4v) is 3.23. The van der Waals surface area contributed by atoms with Gasteiger partial charge in [-0.05, 0) is 44.9 Å². The van der Waals surface area contributed by atoms with Gasteiger partial charge in [0.05, 0.1) is 0 Å². The summed E-state index contributed by atoms with van der Waals surface area (Å²) in [5.41, 5.74) is 0.679. The lowest BCUT2D eigenvalue weighted by atomic mass is 9.93. The van der Waals surface area contributed by atoms with Crippen LogP contribution < -0.4 is 5.32 Å². The molecule has 2 rings (SSSR count). The molecule has 0 radical (unpaired) electrons. The van der Waals surface area contributed by atoms with E-state index in [1.54, 1.807) is 13.8 Å². The molecule has 1 saturated heterocycles. The minimum absolute atomic E-state index is 0.428. The highest BCUT2D eigenvalue weighted by atomic mass is 79.9. The van der Waals surface area contributed by atoms with Crippen molar-refractivity contribution in [2.75, 3.05) is 6.54 Å². The molecule has 0 saturated carbocycles. The van der Waals surface area contributed by atoms with Crippen molar-refractivity contribution in [1.82, 2.24) is 5.32 Å². The van der Waals surface area contributed by atoms with Crippen LogP contribution in [0.15, 0.2) is 22.7 Å². The number of hydrogen-bond acceptors (Lipinski definition) is 1. The van der Waals surface area contributed by atoms with Crippen LogP contribution in [0.3, 0.4) is 0 Å². The van der Waals surface area contributed by atoms with Crippen molar-refractivity contribution >= 4 is 15.9 Å². The van der Waals surface area contributed by atoms with Gasteiger partial charge in [-0.15, -0.1) is 0 Å². The molecule has 0 spiro atoms. The van der Waals surface area contributed by atoms with Gasteiger partial charge >= 0.3 is 0 Å². The normalized spacial score (nSPS) is 21.5. The van der Waals surface area contributed by atoms with Crippen molar-refractivity contribution < 1.29 is 4.39 Å². The average molecular weight is 300 g/mol. The van der Waals surface area contributed by atoms with Gasteiger partial charge in [0.1, 0.15) is 5.67 Å². The Labute approximate surface area is 111 Å². The van der Waals surface area contributed by atoms with Crippen LogP contribution in [0.4, 0.5) is 4.39 Å². The molecule has 1 unspecified atom stereocenters. The molecule has 0 amide bonds. The number of nitrogens with one attached hydrogen (secondary N) is 1. The molecule has 1 atom stereocenters. The minimum atomic E-state index is -1.29. The Morgan fingerprint density at radius 1 is 1.35 bits per heavy atom. The molecule has 3 heteroatoms. The lowest BCUT2D eigenvalue weighted by Gasteiger charge is -2.25. The Kier molecular flexibility index (Phi) is 3.88. The molecule has 1 nitrogen and oxygen atoms in total. The summed E-state index contributed by atoms with van der Waals surface area (Å²) in [6.07, 6.45) is 3.70. The predicted molar refractivity (Wildman–Crippen MR) is 72.9 cm³/mol. The van der Waals surface area contributed by atoms with Gasteiger partial charge in [-0.2, -0.15) is 0 Å². The molecule has 1 aromatic rings. The highest BCUT2D eigenvalue weighted by molar-refractivity contribution is 9.10. The Morgan fingerprint density at radius 2 is 2.12 bits per heavy atom. The second kappa shape index (κ2) is 5.07. The van der Waals surface area contributed by atoms with Gasteiger partial charge in [-0.3, -0.25) is 0 Å².